The summed E-state index contributed by atoms with van der Waals surface area (Å²) >= 11 is 0. The first-order valence-corrected chi connectivity index (χ1v) is 7.97. The van der Waals surface area contributed by atoms with Crippen LogP contribution in [0.1, 0.15) is 30.2 Å². The van der Waals surface area contributed by atoms with Gasteiger partial charge < -0.3 is 19.5 Å². The van der Waals surface area contributed by atoms with Crippen LogP contribution >= 0.6 is 0 Å². The van der Waals surface area contributed by atoms with Crippen LogP contribution in [0.3, 0.4) is 0 Å². The smallest absolute Gasteiger partial charge is 0.318 e. The number of ether oxygens (including phenoxy) is 1. The molecule has 1 N–H and O–H groups in total. The average Bonchev–Trinajstić information content (AvgIpc) is 3.16. The van der Waals surface area contributed by atoms with E-state index in [1.807, 2.05) is 24.7 Å². The number of nitrogens with zero attached hydrogens (tertiary/aromatic N) is 5. The number of aryl methyl sites for hydroxylation is 2. The van der Waals surface area contributed by atoms with Crippen LogP contribution in [0.15, 0.2) is 16.9 Å². The Labute approximate surface area is 140 Å². The van der Waals surface area contributed by atoms with Gasteiger partial charge in [0.2, 0.25) is 5.89 Å². The van der Waals surface area contributed by atoms with Crippen molar-refractivity contribution in [1.82, 2.24) is 30.1 Å². The molecule has 2 aromatic heterocycles. The molecule has 0 bridgehead atoms. The maximum absolute atomic E-state index is 12.4. The standard InChI is InChI=1S/C15H22N6O3/c1-10-6-16-21(7-10)9-13-8-20(4-5-23-13)15(22)17-11(2)14-18-12(3)19-24-14/h6-7,11,13H,4-5,8-9H2,1-3H3,(H,17,22). The number of carbonyl (C=O) groups is 1. The van der Waals surface area contributed by atoms with Gasteiger partial charge in [0.05, 0.1) is 32.0 Å². The molecule has 0 spiro atoms. The molecule has 0 aromatic carbocycles. The van der Waals surface area contributed by atoms with Crippen molar-refractivity contribution in [3.8, 4) is 0 Å². The van der Waals surface area contributed by atoms with Crippen molar-refractivity contribution in [3.05, 3.63) is 29.7 Å². The predicted molar refractivity (Wildman–Crippen MR) is 84.3 cm³/mol. The minimum atomic E-state index is -0.339. The van der Waals surface area contributed by atoms with Gasteiger partial charge in [0.15, 0.2) is 5.82 Å². The van der Waals surface area contributed by atoms with Crippen molar-refractivity contribution in [2.75, 3.05) is 19.7 Å². The summed E-state index contributed by atoms with van der Waals surface area (Å²) in [4.78, 5) is 18.3. The third-order valence-electron chi connectivity index (χ3n) is 3.83. The van der Waals surface area contributed by atoms with Gasteiger partial charge >= 0.3 is 6.03 Å². The van der Waals surface area contributed by atoms with Crippen LogP contribution in [-0.4, -0.2) is 56.7 Å². The summed E-state index contributed by atoms with van der Waals surface area (Å²) in [6, 6.07) is -0.503. The van der Waals surface area contributed by atoms with Crippen LogP contribution in [0.2, 0.25) is 0 Å². The molecule has 130 valence electrons. The average molecular weight is 334 g/mol. The third kappa shape index (κ3) is 3.91. The Hall–Kier alpha value is -2.42. The maximum Gasteiger partial charge on any atom is 0.318 e. The summed E-state index contributed by atoms with van der Waals surface area (Å²) in [5.41, 5.74) is 1.10. The lowest BCUT2D eigenvalue weighted by Crippen LogP contribution is -2.51. The molecule has 0 radical (unpaired) electrons. The third-order valence-corrected chi connectivity index (χ3v) is 3.83. The van der Waals surface area contributed by atoms with Crippen LogP contribution in [0.5, 0.6) is 0 Å². The summed E-state index contributed by atoms with van der Waals surface area (Å²) in [5.74, 6) is 0.949. The molecule has 2 atom stereocenters. The van der Waals surface area contributed by atoms with Crippen LogP contribution in [0.25, 0.3) is 0 Å². The first kappa shape index (κ1) is 16.4. The normalized spacial score (nSPS) is 19.3. The fourth-order valence-corrected chi connectivity index (χ4v) is 2.62. The van der Waals surface area contributed by atoms with Crippen molar-refractivity contribution in [2.24, 2.45) is 0 Å². The Bertz CT molecular complexity index is 697. The molecule has 9 heteroatoms. The first-order valence-electron chi connectivity index (χ1n) is 7.97. The van der Waals surface area contributed by atoms with Crippen molar-refractivity contribution in [1.29, 1.82) is 0 Å². The molecule has 0 saturated carbocycles. The molecular formula is C15H22N6O3. The fourth-order valence-electron chi connectivity index (χ4n) is 2.62. The molecule has 1 fully saturated rings. The number of hydrogen-bond acceptors (Lipinski definition) is 6. The lowest BCUT2D eigenvalue weighted by molar-refractivity contribution is -0.0241. The Morgan fingerprint density at radius 1 is 1.50 bits per heavy atom. The van der Waals surface area contributed by atoms with Crippen LogP contribution in [0.4, 0.5) is 4.79 Å². The predicted octanol–water partition coefficient (Wildman–Crippen LogP) is 1.05. The van der Waals surface area contributed by atoms with Gasteiger partial charge in [-0.2, -0.15) is 10.1 Å². The van der Waals surface area contributed by atoms with Gasteiger partial charge in [0.25, 0.3) is 0 Å². The van der Waals surface area contributed by atoms with Gasteiger partial charge in [-0.1, -0.05) is 5.16 Å². The number of hydrogen-bond donors (Lipinski definition) is 1. The summed E-state index contributed by atoms with van der Waals surface area (Å²) < 4.78 is 12.7. The Kier molecular flexibility index (Phi) is 4.79. The number of aromatic nitrogens is 4. The van der Waals surface area contributed by atoms with E-state index in [4.69, 9.17) is 9.26 Å². The van der Waals surface area contributed by atoms with E-state index < -0.39 is 0 Å². The number of carbonyl (C=O) groups excluding carboxylic acids is 1. The molecule has 9 nitrogen and oxygen atoms in total. The quantitative estimate of drug-likeness (QED) is 0.897. The minimum Gasteiger partial charge on any atom is -0.373 e. The van der Waals surface area contributed by atoms with E-state index in [1.165, 1.54) is 0 Å². The maximum atomic E-state index is 12.4. The molecule has 0 aliphatic carbocycles. The molecule has 3 rings (SSSR count). The number of urea groups is 1. The minimum absolute atomic E-state index is 0.0789. The highest BCUT2D eigenvalue weighted by Gasteiger charge is 2.26. The monoisotopic (exact) mass is 334 g/mol. The van der Waals surface area contributed by atoms with Crippen molar-refractivity contribution < 1.29 is 14.1 Å². The van der Waals surface area contributed by atoms with Crippen molar-refractivity contribution in [3.63, 3.8) is 0 Å². The van der Waals surface area contributed by atoms with Gasteiger partial charge in [0, 0.05) is 12.7 Å². The number of amides is 2. The van der Waals surface area contributed by atoms with E-state index in [9.17, 15) is 4.79 Å². The van der Waals surface area contributed by atoms with Gasteiger partial charge in [-0.05, 0) is 26.3 Å². The molecule has 1 saturated heterocycles. The van der Waals surface area contributed by atoms with Crippen molar-refractivity contribution in [2.45, 2.75) is 39.5 Å². The highest BCUT2D eigenvalue weighted by Crippen LogP contribution is 2.12. The lowest BCUT2D eigenvalue weighted by Gasteiger charge is -2.33. The second-order valence-electron chi connectivity index (χ2n) is 6.03. The molecular weight excluding hydrogens is 312 g/mol. The Balaban J connectivity index is 1.54. The van der Waals surface area contributed by atoms with E-state index in [0.717, 1.165) is 5.56 Å². The lowest BCUT2D eigenvalue weighted by atomic mass is 10.2. The Morgan fingerprint density at radius 2 is 2.33 bits per heavy atom. The second-order valence-corrected chi connectivity index (χ2v) is 6.03. The van der Waals surface area contributed by atoms with E-state index >= 15 is 0 Å². The van der Waals surface area contributed by atoms with E-state index in [0.29, 0.717) is 38.0 Å². The summed E-state index contributed by atoms with van der Waals surface area (Å²) in [6.07, 6.45) is 3.69. The molecule has 2 unspecified atom stereocenters. The van der Waals surface area contributed by atoms with Crippen LogP contribution in [-0.2, 0) is 11.3 Å². The molecule has 2 amide bonds. The topological polar surface area (TPSA) is 98.3 Å². The molecule has 1 aliphatic heterocycles. The van der Waals surface area contributed by atoms with Crippen LogP contribution in [0, 0.1) is 13.8 Å². The van der Waals surface area contributed by atoms with Crippen LogP contribution < -0.4 is 5.32 Å². The zero-order chi connectivity index (χ0) is 17.1. The van der Waals surface area contributed by atoms with E-state index in [1.54, 1.807) is 18.0 Å². The summed E-state index contributed by atoms with van der Waals surface area (Å²) in [6.45, 7) is 7.74. The Morgan fingerprint density at radius 3 is 3.00 bits per heavy atom. The SMILES string of the molecule is Cc1cnn(CC2CN(C(=O)NC(C)c3nc(C)no3)CCO2)c1. The highest BCUT2D eigenvalue weighted by atomic mass is 16.5. The zero-order valence-electron chi connectivity index (χ0n) is 14.1. The second kappa shape index (κ2) is 7.00. The summed E-state index contributed by atoms with van der Waals surface area (Å²) in [5, 5.41) is 10.9. The number of nitrogens with one attached hydrogen (secondary N) is 1. The van der Waals surface area contributed by atoms with Crippen molar-refractivity contribution >= 4 is 6.03 Å². The summed E-state index contributed by atoms with van der Waals surface area (Å²) in [7, 11) is 0. The van der Waals surface area contributed by atoms with E-state index in [2.05, 4.69) is 20.6 Å². The molecule has 24 heavy (non-hydrogen) atoms. The van der Waals surface area contributed by atoms with Gasteiger partial charge in [-0.3, -0.25) is 4.68 Å². The van der Waals surface area contributed by atoms with Gasteiger partial charge in [-0.25, -0.2) is 4.79 Å². The van der Waals surface area contributed by atoms with Gasteiger partial charge in [-0.15, -0.1) is 0 Å². The molecule has 1 aliphatic rings. The number of morpholine rings is 1. The fraction of sp³-hybridized carbons (Fsp3) is 0.600. The number of rotatable bonds is 4. The van der Waals surface area contributed by atoms with E-state index in [-0.39, 0.29) is 18.2 Å². The van der Waals surface area contributed by atoms with Gasteiger partial charge in [0.1, 0.15) is 6.04 Å². The zero-order valence-corrected chi connectivity index (χ0v) is 14.1. The largest absolute Gasteiger partial charge is 0.373 e. The molecule has 2 aromatic rings. The first-order chi connectivity index (χ1) is 11.5. The highest BCUT2D eigenvalue weighted by molar-refractivity contribution is 5.74. The molecule has 3 heterocycles.